The summed E-state index contributed by atoms with van der Waals surface area (Å²) >= 11 is 3.56. The van der Waals surface area contributed by atoms with Crippen molar-refractivity contribution in [1.29, 1.82) is 0 Å². The van der Waals surface area contributed by atoms with E-state index in [1.807, 2.05) is 18.2 Å². The molecular formula is C18H18BrN. The monoisotopic (exact) mass is 327 g/mol. The second-order valence-electron chi connectivity index (χ2n) is 5.27. The predicted molar refractivity (Wildman–Crippen MR) is 88.5 cm³/mol. The molecule has 1 nitrogen and oxygen atoms in total. The van der Waals surface area contributed by atoms with Crippen LogP contribution in [0.3, 0.4) is 0 Å². The molecule has 0 heterocycles. The van der Waals surface area contributed by atoms with E-state index in [2.05, 4.69) is 52.1 Å². The lowest BCUT2D eigenvalue weighted by molar-refractivity contribution is 0.886. The first-order chi connectivity index (χ1) is 9.74. The summed E-state index contributed by atoms with van der Waals surface area (Å²) in [6.07, 6.45) is 3.77. The van der Waals surface area contributed by atoms with Gasteiger partial charge in [0.25, 0.3) is 0 Å². The van der Waals surface area contributed by atoms with Crippen molar-refractivity contribution in [2.75, 3.05) is 0 Å². The third kappa shape index (κ3) is 2.80. The average Bonchev–Trinajstić information content (AvgIpc) is 2.92. The molecule has 0 aliphatic heterocycles. The van der Waals surface area contributed by atoms with E-state index in [9.17, 15) is 0 Å². The molecule has 2 heteroatoms. The SMILES string of the molecule is C=C(NCc1ccc2c(c1)CCC2)c1ccccc1Br. The maximum Gasteiger partial charge on any atom is 0.0400 e. The second kappa shape index (κ2) is 5.84. The van der Waals surface area contributed by atoms with E-state index in [-0.39, 0.29) is 0 Å². The van der Waals surface area contributed by atoms with Crippen LogP contribution in [0.4, 0.5) is 0 Å². The standard InChI is InChI=1S/C18H18BrN/c1-13(17-7-2-3-8-18(17)19)20-12-14-9-10-15-5-4-6-16(15)11-14/h2-3,7-11,20H,1,4-6,12H2. The smallest absolute Gasteiger partial charge is 0.0400 e. The highest BCUT2D eigenvalue weighted by Gasteiger charge is 2.10. The Labute approximate surface area is 128 Å². The predicted octanol–water partition coefficient (Wildman–Crippen LogP) is 4.70. The summed E-state index contributed by atoms with van der Waals surface area (Å²) in [6, 6.07) is 15.0. The topological polar surface area (TPSA) is 12.0 Å². The number of fused-ring (bicyclic) bond motifs is 1. The van der Waals surface area contributed by atoms with Crippen LogP contribution < -0.4 is 5.32 Å². The van der Waals surface area contributed by atoms with Gasteiger partial charge >= 0.3 is 0 Å². The molecule has 3 rings (SSSR count). The molecule has 0 saturated carbocycles. The van der Waals surface area contributed by atoms with Crippen LogP contribution in [0.25, 0.3) is 5.70 Å². The molecule has 0 amide bonds. The molecule has 2 aromatic carbocycles. The fraction of sp³-hybridized carbons (Fsp3) is 0.222. The molecular weight excluding hydrogens is 310 g/mol. The minimum absolute atomic E-state index is 0.827. The first-order valence-corrected chi connectivity index (χ1v) is 7.82. The van der Waals surface area contributed by atoms with Crippen LogP contribution in [0.15, 0.2) is 53.5 Å². The third-order valence-electron chi connectivity index (χ3n) is 3.87. The van der Waals surface area contributed by atoms with E-state index >= 15 is 0 Å². The lowest BCUT2D eigenvalue weighted by Gasteiger charge is -2.12. The molecule has 0 atom stereocenters. The molecule has 1 aliphatic rings. The van der Waals surface area contributed by atoms with Gasteiger partial charge in [0.15, 0.2) is 0 Å². The van der Waals surface area contributed by atoms with Crippen LogP contribution >= 0.6 is 15.9 Å². The molecule has 0 bridgehead atoms. The number of halogens is 1. The summed E-state index contributed by atoms with van der Waals surface area (Å²) in [5.74, 6) is 0. The Morgan fingerprint density at radius 1 is 1.10 bits per heavy atom. The zero-order valence-electron chi connectivity index (χ0n) is 11.5. The minimum Gasteiger partial charge on any atom is -0.381 e. The fourth-order valence-electron chi connectivity index (χ4n) is 2.75. The van der Waals surface area contributed by atoms with Gasteiger partial charge in [0.1, 0.15) is 0 Å². The first-order valence-electron chi connectivity index (χ1n) is 7.02. The molecule has 0 saturated heterocycles. The highest BCUT2D eigenvalue weighted by molar-refractivity contribution is 9.10. The van der Waals surface area contributed by atoms with Crippen LogP contribution in [0.2, 0.25) is 0 Å². The minimum atomic E-state index is 0.827. The summed E-state index contributed by atoms with van der Waals surface area (Å²) < 4.78 is 1.08. The lowest BCUT2D eigenvalue weighted by atomic mass is 10.1. The van der Waals surface area contributed by atoms with E-state index in [4.69, 9.17) is 0 Å². The summed E-state index contributed by atoms with van der Waals surface area (Å²) in [4.78, 5) is 0. The number of hydrogen-bond acceptors (Lipinski definition) is 1. The zero-order chi connectivity index (χ0) is 13.9. The largest absolute Gasteiger partial charge is 0.381 e. The fourth-order valence-corrected chi connectivity index (χ4v) is 3.27. The molecule has 0 fully saturated rings. The van der Waals surface area contributed by atoms with Crippen molar-refractivity contribution in [3.8, 4) is 0 Å². The Hall–Kier alpha value is -1.54. The van der Waals surface area contributed by atoms with Crippen molar-refractivity contribution in [3.05, 3.63) is 75.8 Å². The van der Waals surface area contributed by atoms with Gasteiger partial charge in [0.05, 0.1) is 0 Å². The van der Waals surface area contributed by atoms with Gasteiger partial charge in [-0.25, -0.2) is 0 Å². The van der Waals surface area contributed by atoms with E-state index < -0.39 is 0 Å². The highest BCUT2D eigenvalue weighted by atomic mass is 79.9. The number of hydrogen-bond donors (Lipinski definition) is 1. The molecule has 0 aromatic heterocycles. The molecule has 0 spiro atoms. The van der Waals surface area contributed by atoms with Crippen LogP contribution in [-0.2, 0) is 19.4 Å². The number of rotatable bonds is 4. The van der Waals surface area contributed by atoms with Gasteiger partial charge in [-0.3, -0.25) is 0 Å². The normalized spacial score (nSPS) is 13.1. The van der Waals surface area contributed by atoms with Crippen molar-refractivity contribution in [3.63, 3.8) is 0 Å². The number of benzene rings is 2. The summed E-state index contributed by atoms with van der Waals surface area (Å²) in [5, 5.41) is 3.42. The number of nitrogens with one attached hydrogen (secondary N) is 1. The van der Waals surface area contributed by atoms with Gasteiger partial charge in [-0.2, -0.15) is 0 Å². The maximum absolute atomic E-state index is 4.13. The molecule has 102 valence electrons. The van der Waals surface area contributed by atoms with Crippen molar-refractivity contribution < 1.29 is 0 Å². The summed E-state index contributed by atoms with van der Waals surface area (Å²) in [5.41, 5.74) is 6.46. The van der Waals surface area contributed by atoms with Gasteiger partial charge in [-0.15, -0.1) is 0 Å². The molecule has 1 aliphatic carbocycles. The van der Waals surface area contributed by atoms with Gasteiger partial charge < -0.3 is 5.32 Å². The maximum atomic E-state index is 4.13. The Morgan fingerprint density at radius 2 is 1.90 bits per heavy atom. The van der Waals surface area contributed by atoms with Gasteiger partial charge in [-0.1, -0.05) is 58.9 Å². The highest BCUT2D eigenvalue weighted by Crippen LogP contribution is 2.24. The van der Waals surface area contributed by atoms with Crippen LogP contribution in [0.1, 0.15) is 28.7 Å². The lowest BCUT2D eigenvalue weighted by Crippen LogP contribution is -2.11. The van der Waals surface area contributed by atoms with Crippen molar-refractivity contribution >= 4 is 21.6 Å². The van der Waals surface area contributed by atoms with Gasteiger partial charge in [0.2, 0.25) is 0 Å². The van der Waals surface area contributed by atoms with Crippen molar-refractivity contribution in [2.45, 2.75) is 25.8 Å². The van der Waals surface area contributed by atoms with Crippen LogP contribution in [0, 0.1) is 0 Å². The van der Waals surface area contributed by atoms with Crippen molar-refractivity contribution in [2.24, 2.45) is 0 Å². The van der Waals surface area contributed by atoms with Crippen molar-refractivity contribution in [1.82, 2.24) is 5.32 Å². The molecule has 0 unspecified atom stereocenters. The first kappa shape index (κ1) is 13.4. The Morgan fingerprint density at radius 3 is 2.75 bits per heavy atom. The van der Waals surface area contributed by atoms with Crippen LogP contribution in [0.5, 0.6) is 0 Å². The summed E-state index contributed by atoms with van der Waals surface area (Å²) in [6.45, 7) is 4.96. The zero-order valence-corrected chi connectivity index (χ0v) is 13.0. The second-order valence-corrected chi connectivity index (χ2v) is 6.12. The third-order valence-corrected chi connectivity index (χ3v) is 4.56. The Kier molecular flexibility index (Phi) is 3.93. The molecule has 1 N–H and O–H groups in total. The van der Waals surface area contributed by atoms with Gasteiger partial charge in [-0.05, 0) is 42.0 Å². The molecule has 2 aromatic rings. The number of aryl methyl sites for hydroxylation is 2. The molecule has 20 heavy (non-hydrogen) atoms. The van der Waals surface area contributed by atoms with E-state index in [1.54, 1.807) is 0 Å². The Balaban J connectivity index is 1.68. The quantitative estimate of drug-likeness (QED) is 0.858. The summed E-state index contributed by atoms with van der Waals surface area (Å²) in [7, 11) is 0. The van der Waals surface area contributed by atoms with E-state index in [0.717, 1.165) is 22.3 Å². The average molecular weight is 328 g/mol. The van der Waals surface area contributed by atoms with E-state index in [1.165, 1.54) is 36.0 Å². The Bertz CT molecular complexity index is 646. The van der Waals surface area contributed by atoms with Crippen LogP contribution in [-0.4, -0.2) is 0 Å². The van der Waals surface area contributed by atoms with E-state index in [0.29, 0.717) is 0 Å². The molecule has 0 radical (unpaired) electrons. The van der Waals surface area contributed by atoms with Gasteiger partial charge in [0, 0.05) is 22.3 Å².